The smallest absolute Gasteiger partial charge is 0.348 e. The average Bonchev–Trinajstić information content (AvgIpc) is 2.67. The molecule has 4 heteroatoms. The van der Waals surface area contributed by atoms with Crippen molar-refractivity contribution in [3.63, 3.8) is 0 Å². The third kappa shape index (κ3) is 1.61. The van der Waals surface area contributed by atoms with Crippen LogP contribution in [0.2, 0.25) is 0 Å². The first-order chi connectivity index (χ1) is 7.13. The number of rotatable bonds is 1. The van der Waals surface area contributed by atoms with E-state index in [-0.39, 0.29) is 11.8 Å². The van der Waals surface area contributed by atoms with Gasteiger partial charge in [-0.05, 0) is 24.4 Å². The minimum Gasteiger partial charge on any atom is -0.465 e. The molecule has 1 aromatic heterocycles. The predicted molar refractivity (Wildman–Crippen MR) is 57.9 cm³/mol. The summed E-state index contributed by atoms with van der Waals surface area (Å²) in [6.07, 6.45) is 0. The van der Waals surface area contributed by atoms with E-state index in [1.54, 1.807) is 19.1 Å². The van der Waals surface area contributed by atoms with E-state index in [9.17, 15) is 9.18 Å². The van der Waals surface area contributed by atoms with Gasteiger partial charge >= 0.3 is 5.97 Å². The first kappa shape index (κ1) is 10.1. The van der Waals surface area contributed by atoms with Crippen LogP contribution in [-0.2, 0) is 4.74 Å². The van der Waals surface area contributed by atoms with Crippen molar-refractivity contribution in [2.75, 3.05) is 7.11 Å². The van der Waals surface area contributed by atoms with E-state index in [0.717, 1.165) is 10.1 Å². The third-order valence-corrected chi connectivity index (χ3v) is 3.51. The highest BCUT2D eigenvalue weighted by Gasteiger charge is 2.12. The molecule has 2 nitrogen and oxygen atoms in total. The Bertz CT molecular complexity index is 531. The van der Waals surface area contributed by atoms with Crippen molar-refractivity contribution in [2.24, 2.45) is 0 Å². The molecule has 0 unspecified atom stereocenters. The number of fused-ring (bicyclic) bond motifs is 1. The van der Waals surface area contributed by atoms with Crippen molar-refractivity contribution < 1.29 is 13.9 Å². The molecule has 2 rings (SSSR count). The average molecular weight is 224 g/mol. The van der Waals surface area contributed by atoms with E-state index in [4.69, 9.17) is 0 Å². The number of hydrogen-bond acceptors (Lipinski definition) is 3. The van der Waals surface area contributed by atoms with Crippen LogP contribution in [0.3, 0.4) is 0 Å². The van der Waals surface area contributed by atoms with Gasteiger partial charge in [0.05, 0.1) is 7.11 Å². The summed E-state index contributed by atoms with van der Waals surface area (Å²) in [5.41, 5.74) is 0.577. The number of carbonyl (C=O) groups excluding carboxylic acids is 1. The number of benzene rings is 1. The van der Waals surface area contributed by atoms with Crippen LogP contribution in [0.4, 0.5) is 4.39 Å². The Morgan fingerprint density at radius 3 is 2.87 bits per heavy atom. The molecule has 15 heavy (non-hydrogen) atoms. The molecule has 0 radical (unpaired) electrons. The highest BCUT2D eigenvalue weighted by Crippen LogP contribution is 2.30. The molecule has 0 spiro atoms. The van der Waals surface area contributed by atoms with E-state index in [2.05, 4.69) is 4.74 Å². The standard InChI is InChI=1S/C11H9FO2S/c1-6-8(12)4-3-7-5-9(11(13)14-2)15-10(6)7/h3-5H,1-2H3. The number of methoxy groups -OCH3 is 1. The molecular weight excluding hydrogens is 215 g/mol. The second kappa shape index (κ2) is 3.62. The normalized spacial score (nSPS) is 10.6. The maximum absolute atomic E-state index is 13.2. The number of esters is 1. The van der Waals surface area contributed by atoms with Crippen molar-refractivity contribution in [1.82, 2.24) is 0 Å². The summed E-state index contributed by atoms with van der Waals surface area (Å²) in [5, 5.41) is 0.874. The van der Waals surface area contributed by atoms with Gasteiger partial charge in [0.25, 0.3) is 0 Å². The van der Waals surface area contributed by atoms with Gasteiger partial charge in [-0.25, -0.2) is 9.18 Å². The molecule has 0 bridgehead atoms. The van der Waals surface area contributed by atoms with Gasteiger partial charge in [0, 0.05) is 10.3 Å². The number of thiophene rings is 1. The molecule has 1 aromatic carbocycles. The van der Waals surface area contributed by atoms with Crippen LogP contribution in [0.1, 0.15) is 15.2 Å². The number of aryl methyl sites for hydroxylation is 1. The van der Waals surface area contributed by atoms with Crippen molar-refractivity contribution in [3.05, 3.63) is 34.5 Å². The number of ether oxygens (including phenoxy) is 1. The van der Waals surface area contributed by atoms with E-state index in [1.807, 2.05) is 0 Å². The summed E-state index contributed by atoms with van der Waals surface area (Å²) in [4.78, 5) is 11.8. The topological polar surface area (TPSA) is 26.3 Å². The van der Waals surface area contributed by atoms with Crippen LogP contribution in [0.15, 0.2) is 18.2 Å². The largest absolute Gasteiger partial charge is 0.465 e. The summed E-state index contributed by atoms with van der Waals surface area (Å²) in [7, 11) is 1.33. The van der Waals surface area contributed by atoms with Crippen LogP contribution >= 0.6 is 11.3 Å². The van der Waals surface area contributed by atoms with Gasteiger partial charge in [-0.3, -0.25) is 0 Å². The van der Waals surface area contributed by atoms with Gasteiger partial charge in [-0.2, -0.15) is 0 Å². The fourth-order valence-electron chi connectivity index (χ4n) is 1.42. The summed E-state index contributed by atoms with van der Waals surface area (Å²) in [6.45, 7) is 1.70. The van der Waals surface area contributed by atoms with Gasteiger partial charge in [-0.15, -0.1) is 11.3 Å². The Morgan fingerprint density at radius 2 is 2.20 bits per heavy atom. The lowest BCUT2D eigenvalue weighted by molar-refractivity contribution is 0.0606. The maximum Gasteiger partial charge on any atom is 0.348 e. The van der Waals surface area contributed by atoms with Gasteiger partial charge in [-0.1, -0.05) is 6.07 Å². The zero-order valence-corrected chi connectivity index (χ0v) is 9.15. The monoisotopic (exact) mass is 224 g/mol. The Balaban J connectivity index is 2.66. The van der Waals surface area contributed by atoms with Crippen molar-refractivity contribution >= 4 is 27.4 Å². The molecule has 0 saturated carbocycles. The van der Waals surface area contributed by atoms with Crippen molar-refractivity contribution in [1.29, 1.82) is 0 Å². The lowest BCUT2D eigenvalue weighted by Gasteiger charge is -1.95. The van der Waals surface area contributed by atoms with E-state index >= 15 is 0 Å². The van der Waals surface area contributed by atoms with Gasteiger partial charge in [0.1, 0.15) is 10.7 Å². The fourth-order valence-corrected chi connectivity index (χ4v) is 2.49. The zero-order valence-electron chi connectivity index (χ0n) is 8.33. The third-order valence-electron chi connectivity index (χ3n) is 2.26. The molecule has 0 atom stereocenters. The summed E-state index contributed by atoms with van der Waals surface area (Å²) in [5.74, 6) is -0.628. The minimum atomic E-state index is -0.379. The summed E-state index contributed by atoms with van der Waals surface area (Å²) < 4.78 is 18.6. The number of carbonyl (C=O) groups is 1. The number of halogens is 1. The molecule has 0 aliphatic rings. The molecule has 0 aliphatic carbocycles. The lowest BCUT2D eigenvalue weighted by atomic mass is 10.2. The first-order valence-electron chi connectivity index (χ1n) is 4.40. The lowest BCUT2D eigenvalue weighted by Crippen LogP contribution is -1.96. The molecular formula is C11H9FO2S. The Hall–Kier alpha value is -1.42. The van der Waals surface area contributed by atoms with E-state index in [1.165, 1.54) is 24.5 Å². The fraction of sp³-hybridized carbons (Fsp3) is 0.182. The molecule has 0 saturated heterocycles. The Kier molecular flexibility index (Phi) is 2.44. The quantitative estimate of drug-likeness (QED) is 0.695. The predicted octanol–water partition coefficient (Wildman–Crippen LogP) is 3.14. The minimum absolute atomic E-state index is 0.249. The number of hydrogen-bond donors (Lipinski definition) is 0. The van der Waals surface area contributed by atoms with Crippen LogP contribution in [-0.4, -0.2) is 13.1 Å². The van der Waals surface area contributed by atoms with Crippen LogP contribution < -0.4 is 0 Å². The summed E-state index contributed by atoms with van der Waals surface area (Å²) >= 11 is 1.26. The highest BCUT2D eigenvalue weighted by molar-refractivity contribution is 7.21. The highest BCUT2D eigenvalue weighted by atomic mass is 32.1. The van der Waals surface area contributed by atoms with Gasteiger partial charge in [0.2, 0.25) is 0 Å². The second-order valence-corrected chi connectivity index (χ2v) is 4.25. The SMILES string of the molecule is COC(=O)c1cc2ccc(F)c(C)c2s1. The van der Waals surface area contributed by atoms with Gasteiger partial charge < -0.3 is 4.74 Å². The van der Waals surface area contributed by atoms with E-state index in [0.29, 0.717) is 10.4 Å². The van der Waals surface area contributed by atoms with Crippen LogP contribution in [0.25, 0.3) is 10.1 Å². The van der Waals surface area contributed by atoms with E-state index < -0.39 is 0 Å². The molecule has 0 aliphatic heterocycles. The van der Waals surface area contributed by atoms with Crippen LogP contribution in [0.5, 0.6) is 0 Å². The summed E-state index contributed by atoms with van der Waals surface area (Å²) in [6, 6.07) is 4.80. The first-order valence-corrected chi connectivity index (χ1v) is 5.22. The molecule has 2 aromatic rings. The molecule has 78 valence electrons. The van der Waals surface area contributed by atoms with Crippen molar-refractivity contribution in [2.45, 2.75) is 6.92 Å². The molecule has 0 N–H and O–H groups in total. The maximum atomic E-state index is 13.2. The van der Waals surface area contributed by atoms with Crippen LogP contribution in [0, 0.1) is 12.7 Å². The second-order valence-electron chi connectivity index (χ2n) is 3.19. The molecule has 1 heterocycles. The Labute approximate surface area is 90.3 Å². The molecule has 0 amide bonds. The Morgan fingerprint density at radius 1 is 1.47 bits per heavy atom. The molecule has 0 fully saturated rings. The zero-order chi connectivity index (χ0) is 11.0. The van der Waals surface area contributed by atoms with Gasteiger partial charge in [0.15, 0.2) is 0 Å². The van der Waals surface area contributed by atoms with Crippen molar-refractivity contribution in [3.8, 4) is 0 Å².